The van der Waals surface area contributed by atoms with Crippen molar-refractivity contribution in [2.24, 2.45) is 0 Å². The predicted molar refractivity (Wildman–Crippen MR) is 356 cm³/mol. The minimum Gasteiger partial charge on any atom is -0.309 e. The summed E-state index contributed by atoms with van der Waals surface area (Å²) >= 11 is 0. The second-order valence-electron chi connectivity index (χ2n) is 20.5. The molecule has 0 saturated carbocycles. The molecule has 3 heterocycles. The van der Waals surface area contributed by atoms with Gasteiger partial charge in [-0.15, -0.1) is 0 Å². The van der Waals surface area contributed by atoms with Crippen LogP contribution in [0.1, 0.15) is 45.7 Å². The van der Waals surface area contributed by atoms with E-state index in [9.17, 15) is 0 Å². The number of hydrogen-bond donors (Lipinski definition) is 0. The molecule has 0 atom stereocenters. The summed E-state index contributed by atoms with van der Waals surface area (Å²) in [5, 5.41) is 9.79. The molecule has 0 aliphatic carbocycles. The highest BCUT2D eigenvalue weighted by atomic mass is 15.0. The third kappa shape index (κ3) is 8.61. The Labute approximate surface area is 480 Å². The van der Waals surface area contributed by atoms with E-state index in [4.69, 9.17) is 0 Å². The maximum atomic E-state index is 4.19. The highest BCUT2D eigenvalue weighted by Crippen LogP contribution is 2.43. The Balaban J connectivity index is 0.00000155. The van der Waals surface area contributed by atoms with Crippen molar-refractivity contribution in [1.29, 1.82) is 0 Å². The minimum atomic E-state index is 1.10. The van der Waals surface area contributed by atoms with E-state index >= 15 is 0 Å². The maximum Gasteiger partial charge on any atom is 0.0619 e. The largest absolute Gasteiger partial charge is 0.309 e. The van der Waals surface area contributed by atoms with Crippen LogP contribution in [0.4, 0.5) is 0 Å². The van der Waals surface area contributed by atoms with Crippen molar-refractivity contribution in [1.82, 2.24) is 13.7 Å². The van der Waals surface area contributed by atoms with E-state index in [1.807, 2.05) is 33.8 Å². The van der Waals surface area contributed by atoms with Gasteiger partial charge in [-0.1, -0.05) is 222 Å². The SMILES string of the molecule is C=Cc1cccc(-c2cc(-c3ccccc3)cc(-n3c4ccccc4c4cc(-c5cc(-c6ccc7c(c6)c6ccccc6n7-c6ccccc6)cc(-n6c7ccccc7c7ccc8ccccc8c76)c5)ccc43)c2)c1/C=C\C.CC.CC. The van der Waals surface area contributed by atoms with Crippen molar-refractivity contribution in [3.8, 4) is 61.6 Å². The first-order valence-electron chi connectivity index (χ1n) is 28.9. The molecule has 0 amide bonds. The predicted octanol–water partition coefficient (Wildman–Crippen LogP) is 22.5. The van der Waals surface area contributed by atoms with E-state index in [1.54, 1.807) is 0 Å². The number of fused-ring (bicyclic) bond motifs is 11. The molecule has 0 saturated heterocycles. The van der Waals surface area contributed by atoms with Crippen molar-refractivity contribution in [3.63, 3.8) is 0 Å². The van der Waals surface area contributed by atoms with Crippen LogP contribution >= 0.6 is 0 Å². The lowest BCUT2D eigenvalue weighted by molar-refractivity contribution is 1.18. The third-order valence-electron chi connectivity index (χ3n) is 16.0. The van der Waals surface area contributed by atoms with Crippen molar-refractivity contribution < 1.29 is 0 Å². The van der Waals surface area contributed by atoms with Crippen LogP contribution in [0.2, 0.25) is 0 Å². The number of allylic oxidation sites excluding steroid dienone is 1. The molecule has 0 radical (unpaired) electrons. The summed E-state index contributed by atoms with van der Waals surface area (Å²) in [7, 11) is 0. The van der Waals surface area contributed by atoms with Gasteiger partial charge in [0.1, 0.15) is 0 Å². The molecular weight excluding hydrogens is 991 g/mol. The Hall–Kier alpha value is -10.2. The van der Waals surface area contributed by atoms with Crippen LogP contribution in [0.3, 0.4) is 0 Å². The van der Waals surface area contributed by atoms with Gasteiger partial charge >= 0.3 is 0 Å². The Morgan fingerprint density at radius 3 is 1.37 bits per heavy atom. The van der Waals surface area contributed by atoms with Crippen LogP contribution in [-0.2, 0) is 0 Å². The summed E-state index contributed by atoms with van der Waals surface area (Å²) in [5.41, 5.74) is 22.0. The average molecular weight is 1050 g/mol. The molecule has 12 aromatic carbocycles. The van der Waals surface area contributed by atoms with Gasteiger partial charge in [0.15, 0.2) is 0 Å². The molecule has 82 heavy (non-hydrogen) atoms. The van der Waals surface area contributed by atoms with Crippen LogP contribution in [0.25, 0.3) is 150 Å². The Morgan fingerprint density at radius 2 is 0.768 bits per heavy atom. The zero-order valence-electron chi connectivity index (χ0n) is 47.1. The third-order valence-corrected chi connectivity index (χ3v) is 16.0. The van der Waals surface area contributed by atoms with Crippen molar-refractivity contribution in [2.75, 3.05) is 0 Å². The molecule has 0 aliphatic heterocycles. The van der Waals surface area contributed by atoms with Gasteiger partial charge in [-0.3, -0.25) is 0 Å². The average Bonchev–Trinajstić information content (AvgIpc) is 4.41. The van der Waals surface area contributed by atoms with Gasteiger partial charge in [0.05, 0.1) is 33.1 Å². The lowest BCUT2D eigenvalue weighted by Gasteiger charge is -2.16. The first kappa shape index (κ1) is 51.2. The molecule has 0 aliphatic rings. The van der Waals surface area contributed by atoms with Crippen LogP contribution in [0.5, 0.6) is 0 Å². The summed E-state index contributed by atoms with van der Waals surface area (Å²) in [6, 6.07) is 96.3. The van der Waals surface area contributed by atoms with Crippen molar-refractivity contribution in [2.45, 2.75) is 34.6 Å². The number of hydrogen-bond acceptors (Lipinski definition) is 0. The molecule has 0 bridgehead atoms. The second-order valence-corrected chi connectivity index (χ2v) is 20.5. The Bertz CT molecular complexity index is 4930. The molecule has 3 aromatic heterocycles. The molecule has 0 unspecified atom stereocenters. The first-order chi connectivity index (χ1) is 40.6. The standard InChI is InChI=1S/C75H51N3.2C2H6/c1-3-20-61-49(4-2)24-19-31-62(61)57-42-54(50-21-7-5-8-22-50)43-59(46-57)77-71-33-17-15-30-66(71)69-48-53(37-40-74(69)77)56-41-55(52-36-39-73-68(47-52)65-29-14-16-32-70(65)76(73)58-25-9-6-10-26-58)44-60(45-56)78-72-34-18-13-28-64(72)67-38-35-51-23-11-12-27-63(51)75(67)78;2*1-2/h3-48H,2H2,1H3;2*1-2H3/b20-3-;;. The lowest BCUT2D eigenvalue weighted by atomic mass is 9.92. The Morgan fingerprint density at radius 1 is 0.305 bits per heavy atom. The van der Waals surface area contributed by atoms with Gasteiger partial charge in [-0.25, -0.2) is 0 Å². The van der Waals surface area contributed by atoms with Crippen molar-refractivity contribution in [3.05, 3.63) is 285 Å². The number of nitrogens with zero attached hydrogens (tertiary/aromatic N) is 3. The molecule has 0 fully saturated rings. The number of para-hydroxylation sites is 4. The molecule has 15 rings (SSSR count). The van der Waals surface area contributed by atoms with Gasteiger partial charge in [-0.05, 0) is 159 Å². The molecule has 15 aromatic rings. The molecule has 0 spiro atoms. The van der Waals surface area contributed by atoms with E-state index in [0.29, 0.717) is 0 Å². The molecule has 394 valence electrons. The highest BCUT2D eigenvalue weighted by Gasteiger charge is 2.21. The van der Waals surface area contributed by atoms with E-state index in [0.717, 1.165) is 72.6 Å². The zero-order chi connectivity index (χ0) is 55.8. The van der Waals surface area contributed by atoms with E-state index in [-0.39, 0.29) is 0 Å². The van der Waals surface area contributed by atoms with E-state index in [2.05, 4.69) is 300 Å². The Kier molecular flexibility index (Phi) is 13.6. The van der Waals surface area contributed by atoms with Crippen molar-refractivity contribution >= 4 is 88.3 Å². The van der Waals surface area contributed by atoms with Crippen LogP contribution < -0.4 is 0 Å². The summed E-state index contributed by atoms with van der Waals surface area (Å²) in [6.45, 7) is 14.3. The number of benzene rings is 12. The zero-order valence-corrected chi connectivity index (χ0v) is 47.1. The van der Waals surface area contributed by atoms with E-state index < -0.39 is 0 Å². The van der Waals surface area contributed by atoms with Gasteiger partial charge < -0.3 is 13.7 Å². The summed E-state index contributed by atoms with van der Waals surface area (Å²) in [5.74, 6) is 0. The minimum absolute atomic E-state index is 1.10. The normalized spacial score (nSPS) is 11.5. The van der Waals surface area contributed by atoms with Gasteiger partial charge in [0, 0.05) is 54.8 Å². The van der Waals surface area contributed by atoms with E-state index in [1.165, 1.54) is 76.3 Å². The maximum absolute atomic E-state index is 4.19. The molecule has 0 N–H and O–H groups in total. The summed E-state index contributed by atoms with van der Waals surface area (Å²) in [4.78, 5) is 0. The smallest absolute Gasteiger partial charge is 0.0619 e. The first-order valence-corrected chi connectivity index (χ1v) is 28.9. The summed E-state index contributed by atoms with van der Waals surface area (Å²) in [6.07, 6.45) is 6.28. The number of aromatic nitrogens is 3. The van der Waals surface area contributed by atoms with Gasteiger partial charge in [-0.2, -0.15) is 0 Å². The molecular formula is C79H63N3. The quantitative estimate of drug-likeness (QED) is 0.137. The van der Waals surface area contributed by atoms with Gasteiger partial charge in [0.2, 0.25) is 0 Å². The lowest BCUT2D eigenvalue weighted by Crippen LogP contribution is -1.97. The number of rotatable bonds is 9. The summed E-state index contributed by atoms with van der Waals surface area (Å²) < 4.78 is 7.36. The fraction of sp³-hybridized carbons (Fsp3) is 0.0633. The fourth-order valence-electron chi connectivity index (χ4n) is 12.6. The van der Waals surface area contributed by atoms with Crippen LogP contribution in [0, 0.1) is 0 Å². The highest BCUT2D eigenvalue weighted by molar-refractivity contribution is 6.19. The van der Waals surface area contributed by atoms with Crippen LogP contribution in [0.15, 0.2) is 274 Å². The van der Waals surface area contributed by atoms with Gasteiger partial charge in [0.25, 0.3) is 0 Å². The molecule has 3 nitrogen and oxygen atoms in total. The second kappa shape index (κ2) is 21.8. The fourth-order valence-corrected chi connectivity index (χ4v) is 12.6. The molecule has 3 heteroatoms. The monoisotopic (exact) mass is 1050 g/mol. The van der Waals surface area contributed by atoms with Crippen LogP contribution in [-0.4, -0.2) is 13.7 Å². The topological polar surface area (TPSA) is 14.8 Å².